The fourth-order valence-corrected chi connectivity index (χ4v) is 7.12. The van der Waals surface area contributed by atoms with Crippen molar-refractivity contribution in [3.63, 3.8) is 0 Å². The standard InChI is InChI=1S/C19H15FN2O4.C13H10Cl2FN5O3S/c1-2-7-21-15-9-14(13(20)8-16(15)26-10-17(21)23)22-18(24)11-5-3-4-6-12(11)19(22)25;1-2-24-13-17-9(16)6-10-18-12(19-21(10)13)25(22,23)20-11-7(14)4-3-5-8(11)15/h1,8-9H,3-7,10H2;3-6,20H,2H2,1H3. The van der Waals surface area contributed by atoms with Gasteiger partial charge in [0.1, 0.15) is 5.75 Å². The fraction of sp³-hybridized carbons (Fsp3) is 0.250. The number of imide groups is 1. The van der Waals surface area contributed by atoms with Gasteiger partial charge < -0.3 is 9.47 Å². The average molecular weight is 761 g/mol. The second-order valence-electron chi connectivity index (χ2n) is 11.0. The zero-order valence-corrected chi connectivity index (χ0v) is 28.8. The number of halogens is 4. The molecule has 4 heterocycles. The third-order valence-corrected chi connectivity index (χ3v) is 9.57. The molecule has 19 heteroatoms. The maximum Gasteiger partial charge on any atom is 0.322 e. The van der Waals surface area contributed by atoms with Crippen LogP contribution >= 0.6 is 23.2 Å². The zero-order chi connectivity index (χ0) is 36.6. The minimum absolute atomic E-state index is 0.0148. The molecule has 1 aliphatic carbocycles. The molecule has 264 valence electrons. The van der Waals surface area contributed by atoms with E-state index in [9.17, 15) is 31.6 Å². The molecule has 2 aliphatic heterocycles. The quantitative estimate of drug-likeness (QED) is 0.159. The zero-order valence-electron chi connectivity index (χ0n) is 26.5. The first-order valence-corrected chi connectivity index (χ1v) is 17.4. The minimum atomic E-state index is -4.23. The maximum atomic E-state index is 14.7. The number of carbonyl (C=O) groups excluding carboxylic acids is 3. The third-order valence-electron chi connectivity index (χ3n) is 7.81. The Morgan fingerprint density at radius 3 is 2.31 bits per heavy atom. The Bertz CT molecular complexity index is 2260. The lowest BCUT2D eigenvalue weighted by Gasteiger charge is -2.29. The molecule has 2 aromatic carbocycles. The highest BCUT2D eigenvalue weighted by Crippen LogP contribution is 2.42. The first-order valence-electron chi connectivity index (χ1n) is 15.2. The average Bonchev–Trinajstić information content (AvgIpc) is 3.64. The number of rotatable bonds is 7. The van der Waals surface area contributed by atoms with E-state index in [1.54, 1.807) is 13.0 Å². The molecule has 7 rings (SSSR count). The van der Waals surface area contributed by atoms with Crippen LogP contribution in [0.3, 0.4) is 0 Å². The summed E-state index contributed by atoms with van der Waals surface area (Å²) < 4.78 is 66.8. The largest absolute Gasteiger partial charge is 0.481 e. The molecule has 0 radical (unpaired) electrons. The van der Waals surface area contributed by atoms with E-state index >= 15 is 0 Å². The number of nitrogens with zero attached hydrogens (tertiary/aromatic N) is 6. The second kappa shape index (κ2) is 14.1. The predicted octanol–water partition coefficient (Wildman–Crippen LogP) is 4.70. The van der Waals surface area contributed by atoms with E-state index in [1.807, 2.05) is 0 Å². The van der Waals surface area contributed by atoms with Crippen LogP contribution in [0.4, 0.5) is 25.8 Å². The summed E-state index contributed by atoms with van der Waals surface area (Å²) in [7, 11) is -4.23. The van der Waals surface area contributed by atoms with Gasteiger partial charge in [0.25, 0.3) is 32.9 Å². The summed E-state index contributed by atoms with van der Waals surface area (Å²) in [6, 6.07) is 7.57. The molecule has 0 saturated heterocycles. The molecule has 3 aliphatic rings. The highest BCUT2D eigenvalue weighted by molar-refractivity contribution is 7.92. The molecule has 14 nitrogen and oxygen atoms in total. The lowest BCUT2D eigenvalue weighted by atomic mass is 9.93. The maximum absolute atomic E-state index is 14.7. The Morgan fingerprint density at radius 1 is 1.02 bits per heavy atom. The van der Waals surface area contributed by atoms with E-state index < -0.39 is 38.8 Å². The Morgan fingerprint density at radius 2 is 1.69 bits per heavy atom. The molecule has 0 unspecified atom stereocenters. The first kappa shape index (κ1) is 35.5. The highest BCUT2D eigenvalue weighted by Gasteiger charge is 2.41. The minimum Gasteiger partial charge on any atom is -0.481 e. The molecule has 1 N–H and O–H groups in total. The van der Waals surface area contributed by atoms with Gasteiger partial charge in [0, 0.05) is 23.3 Å². The van der Waals surface area contributed by atoms with E-state index in [2.05, 4.69) is 25.7 Å². The monoisotopic (exact) mass is 759 g/mol. The van der Waals surface area contributed by atoms with E-state index in [0.717, 1.165) is 34.4 Å². The summed E-state index contributed by atoms with van der Waals surface area (Å²) in [5.74, 6) is -0.474. The summed E-state index contributed by atoms with van der Waals surface area (Å²) in [6.07, 6.45) is 8.01. The molecule has 0 fully saturated rings. The normalized spacial score (nSPS) is 15.6. The van der Waals surface area contributed by atoms with Gasteiger partial charge in [-0.3, -0.25) is 24.0 Å². The SMILES string of the molecule is C#CCN1C(=O)COc2cc(F)c(N3C(=O)C4=C(CCCC4)C3=O)cc21.CCOc1nc(F)cc2nc(S(=O)(=O)Nc3c(Cl)cccc3Cl)nn12. The number of ether oxygens (including phenoxy) is 2. The highest BCUT2D eigenvalue weighted by atomic mass is 35.5. The van der Waals surface area contributed by atoms with Crippen LogP contribution in [0.1, 0.15) is 32.6 Å². The van der Waals surface area contributed by atoms with Crippen molar-refractivity contribution in [3.05, 3.63) is 69.4 Å². The summed E-state index contributed by atoms with van der Waals surface area (Å²) in [5, 5.41) is 3.40. The van der Waals surface area contributed by atoms with E-state index in [1.165, 1.54) is 23.1 Å². The van der Waals surface area contributed by atoms with Crippen LogP contribution in [-0.4, -0.2) is 65.5 Å². The molecule has 0 bridgehead atoms. The lowest BCUT2D eigenvalue weighted by Crippen LogP contribution is -2.39. The molecular weight excluding hydrogens is 735 g/mol. The number of sulfonamides is 1. The number of benzene rings is 2. The number of terminal acetylenes is 1. The topological polar surface area (TPSA) is 165 Å². The molecule has 0 atom stereocenters. The van der Waals surface area contributed by atoms with Crippen molar-refractivity contribution in [2.24, 2.45) is 0 Å². The van der Waals surface area contributed by atoms with Crippen molar-refractivity contribution in [1.82, 2.24) is 19.6 Å². The molecular formula is C32H25Cl2F2N7O7S. The first-order chi connectivity index (χ1) is 24.3. The Hall–Kier alpha value is -5.31. The Labute approximate surface area is 299 Å². The summed E-state index contributed by atoms with van der Waals surface area (Å²) in [6.45, 7) is 1.58. The van der Waals surface area contributed by atoms with Crippen molar-refractivity contribution in [1.29, 1.82) is 0 Å². The molecule has 4 aromatic rings. The van der Waals surface area contributed by atoms with Crippen molar-refractivity contribution in [3.8, 4) is 24.1 Å². The van der Waals surface area contributed by atoms with Crippen LogP contribution in [0.25, 0.3) is 5.65 Å². The van der Waals surface area contributed by atoms with Crippen LogP contribution in [-0.2, 0) is 24.4 Å². The van der Waals surface area contributed by atoms with Crippen molar-refractivity contribution in [2.75, 3.05) is 34.3 Å². The summed E-state index contributed by atoms with van der Waals surface area (Å²) >= 11 is 11.9. The van der Waals surface area contributed by atoms with E-state index in [-0.39, 0.29) is 70.2 Å². The van der Waals surface area contributed by atoms with Crippen molar-refractivity contribution in [2.45, 2.75) is 37.8 Å². The van der Waals surface area contributed by atoms with Crippen LogP contribution in [0.15, 0.2) is 52.7 Å². The van der Waals surface area contributed by atoms with Gasteiger partial charge in [-0.15, -0.1) is 11.5 Å². The predicted molar refractivity (Wildman–Crippen MR) is 180 cm³/mol. The van der Waals surface area contributed by atoms with Gasteiger partial charge in [-0.05, 0) is 50.8 Å². The third kappa shape index (κ3) is 6.77. The van der Waals surface area contributed by atoms with E-state index in [4.69, 9.17) is 39.1 Å². The van der Waals surface area contributed by atoms with Gasteiger partial charge in [0.2, 0.25) is 5.95 Å². The fourth-order valence-electron chi connectivity index (χ4n) is 5.53. The Balaban J connectivity index is 0.000000176. The molecule has 0 saturated carbocycles. The number of anilines is 3. The van der Waals surface area contributed by atoms with Gasteiger partial charge in [-0.25, -0.2) is 9.29 Å². The van der Waals surface area contributed by atoms with Crippen LogP contribution < -0.4 is 24.0 Å². The summed E-state index contributed by atoms with van der Waals surface area (Å²) in [4.78, 5) is 46.9. The molecule has 2 aromatic heterocycles. The van der Waals surface area contributed by atoms with Gasteiger partial charge in [-0.1, -0.05) is 35.2 Å². The lowest BCUT2D eigenvalue weighted by molar-refractivity contribution is -0.121. The molecule has 51 heavy (non-hydrogen) atoms. The number of amides is 3. The second-order valence-corrected chi connectivity index (χ2v) is 13.4. The number of hydrogen-bond acceptors (Lipinski definition) is 10. The van der Waals surface area contributed by atoms with Gasteiger partial charge >= 0.3 is 6.01 Å². The van der Waals surface area contributed by atoms with Crippen molar-refractivity contribution < 1.29 is 41.1 Å². The number of nitrogens with one attached hydrogen (secondary N) is 1. The number of aromatic nitrogens is 4. The number of hydrogen-bond donors (Lipinski definition) is 1. The number of carbonyl (C=O) groups is 3. The van der Waals surface area contributed by atoms with Crippen LogP contribution in [0.5, 0.6) is 11.8 Å². The van der Waals surface area contributed by atoms with Gasteiger partial charge in [0.05, 0.1) is 40.3 Å². The smallest absolute Gasteiger partial charge is 0.322 e. The van der Waals surface area contributed by atoms with Gasteiger partial charge in [-0.2, -0.15) is 27.3 Å². The van der Waals surface area contributed by atoms with Crippen LogP contribution in [0, 0.1) is 24.1 Å². The molecule has 0 spiro atoms. The number of para-hydroxylation sites is 1. The number of fused-ring (bicyclic) bond motifs is 2. The van der Waals surface area contributed by atoms with E-state index in [0.29, 0.717) is 24.0 Å². The van der Waals surface area contributed by atoms with Gasteiger partial charge in [0.15, 0.2) is 18.1 Å². The molecule has 3 amide bonds. The van der Waals surface area contributed by atoms with Crippen LogP contribution in [0.2, 0.25) is 10.0 Å². The Kier molecular flexibility index (Phi) is 9.84. The van der Waals surface area contributed by atoms with Crippen molar-refractivity contribution >= 4 is 73.7 Å². The summed E-state index contributed by atoms with van der Waals surface area (Å²) in [5.41, 5.74) is 0.896.